The Kier molecular flexibility index (Phi) is 3.84. The lowest BCUT2D eigenvalue weighted by atomic mass is 9.66. The minimum atomic E-state index is -0.375. The summed E-state index contributed by atoms with van der Waals surface area (Å²) >= 11 is 0. The van der Waals surface area contributed by atoms with Crippen LogP contribution in [0.4, 0.5) is 0 Å². The second kappa shape index (κ2) is 5.80. The number of esters is 1. The zero-order valence-corrected chi connectivity index (χ0v) is 13.0. The maximum Gasteiger partial charge on any atom is 0.313 e. The summed E-state index contributed by atoms with van der Waals surface area (Å²) in [5, 5.41) is 0. The minimum Gasteiger partial charge on any atom is -0.469 e. The van der Waals surface area contributed by atoms with E-state index in [9.17, 15) is 4.79 Å². The minimum absolute atomic E-state index is 0.176. The molecule has 3 rings (SSSR count). The van der Waals surface area contributed by atoms with Crippen LogP contribution in [0.1, 0.15) is 24.5 Å². The molecule has 2 aromatic carbocycles. The molecule has 1 unspecified atom stereocenters. The average molecular weight is 292 g/mol. The lowest BCUT2D eigenvalue weighted by Gasteiger charge is -2.35. The zero-order valence-electron chi connectivity index (χ0n) is 13.0. The van der Waals surface area contributed by atoms with Gasteiger partial charge < -0.3 is 4.74 Å². The number of allylic oxidation sites excluding steroid dienone is 1. The Morgan fingerprint density at radius 2 is 1.50 bits per heavy atom. The van der Waals surface area contributed by atoms with E-state index in [4.69, 9.17) is 4.74 Å². The number of ether oxygens (including phenoxy) is 1. The van der Waals surface area contributed by atoms with Gasteiger partial charge in [-0.2, -0.15) is 0 Å². The van der Waals surface area contributed by atoms with Gasteiger partial charge in [-0.15, -0.1) is 0 Å². The highest BCUT2D eigenvalue weighted by molar-refractivity contribution is 5.79. The number of methoxy groups -OCH3 is 1. The fraction of sp³-hybridized carbons (Fsp3) is 0.250. The van der Waals surface area contributed by atoms with Gasteiger partial charge in [0, 0.05) is 5.41 Å². The van der Waals surface area contributed by atoms with E-state index in [2.05, 4.69) is 37.3 Å². The van der Waals surface area contributed by atoms with Crippen LogP contribution in [-0.4, -0.2) is 13.1 Å². The topological polar surface area (TPSA) is 26.3 Å². The zero-order chi connectivity index (χ0) is 15.6. The van der Waals surface area contributed by atoms with Crippen molar-refractivity contribution in [2.24, 2.45) is 5.92 Å². The summed E-state index contributed by atoms with van der Waals surface area (Å²) in [6.07, 6.45) is 2.90. The van der Waals surface area contributed by atoms with E-state index in [-0.39, 0.29) is 17.3 Å². The van der Waals surface area contributed by atoms with Crippen LogP contribution in [0.3, 0.4) is 0 Å². The van der Waals surface area contributed by atoms with Gasteiger partial charge in [-0.05, 0) is 24.5 Å². The normalized spacial score (nSPS) is 19.5. The summed E-state index contributed by atoms with van der Waals surface area (Å²) in [6, 6.07) is 20.6. The van der Waals surface area contributed by atoms with Gasteiger partial charge in [0.05, 0.1) is 13.0 Å². The Morgan fingerprint density at radius 1 is 1.00 bits per heavy atom. The smallest absolute Gasteiger partial charge is 0.313 e. The molecule has 1 aliphatic carbocycles. The molecule has 0 saturated carbocycles. The van der Waals surface area contributed by atoms with Crippen molar-refractivity contribution in [3.05, 3.63) is 83.4 Å². The van der Waals surface area contributed by atoms with E-state index in [1.54, 1.807) is 0 Å². The molecule has 0 fully saturated rings. The molecule has 2 aromatic rings. The van der Waals surface area contributed by atoms with Crippen molar-refractivity contribution in [3.63, 3.8) is 0 Å². The standard InChI is InChI=1S/C20H20O2/c1-15-13-18(19(21)22-2)20(14-15,16-9-5-3-6-10-16)17-11-7-4-8-12-17/h3-13,18H,14H2,1-2H3. The molecule has 1 aliphatic rings. The van der Waals surface area contributed by atoms with Crippen molar-refractivity contribution in [1.82, 2.24) is 0 Å². The van der Waals surface area contributed by atoms with Crippen molar-refractivity contribution < 1.29 is 9.53 Å². The summed E-state index contributed by atoms with van der Waals surface area (Å²) in [6.45, 7) is 2.09. The molecule has 0 amide bonds. The number of benzene rings is 2. The SMILES string of the molecule is COC(=O)C1C=C(C)CC1(c1ccccc1)c1ccccc1. The van der Waals surface area contributed by atoms with Gasteiger partial charge in [0.25, 0.3) is 0 Å². The summed E-state index contributed by atoms with van der Waals surface area (Å²) in [7, 11) is 1.46. The maximum absolute atomic E-state index is 12.5. The Labute approximate surface area is 131 Å². The first-order valence-corrected chi connectivity index (χ1v) is 7.54. The predicted octanol–water partition coefficient (Wildman–Crippen LogP) is 4.11. The van der Waals surface area contributed by atoms with Gasteiger partial charge in [0.2, 0.25) is 0 Å². The molecule has 0 N–H and O–H groups in total. The summed E-state index contributed by atoms with van der Waals surface area (Å²) in [5.74, 6) is -0.466. The van der Waals surface area contributed by atoms with Gasteiger partial charge in [0.1, 0.15) is 0 Å². The molecule has 2 nitrogen and oxygen atoms in total. The van der Waals surface area contributed by atoms with E-state index in [1.807, 2.05) is 36.4 Å². The lowest BCUT2D eigenvalue weighted by molar-refractivity contribution is -0.145. The first kappa shape index (κ1) is 14.6. The highest BCUT2D eigenvalue weighted by atomic mass is 16.5. The predicted molar refractivity (Wildman–Crippen MR) is 87.5 cm³/mol. The van der Waals surface area contributed by atoms with Crippen molar-refractivity contribution >= 4 is 5.97 Å². The number of hydrogen-bond acceptors (Lipinski definition) is 2. The highest BCUT2D eigenvalue weighted by Crippen LogP contribution is 2.49. The van der Waals surface area contributed by atoms with Crippen molar-refractivity contribution in [2.75, 3.05) is 7.11 Å². The molecule has 0 saturated heterocycles. The van der Waals surface area contributed by atoms with Gasteiger partial charge >= 0.3 is 5.97 Å². The van der Waals surface area contributed by atoms with Gasteiger partial charge in [0.15, 0.2) is 0 Å². The third-order valence-corrected chi connectivity index (χ3v) is 4.57. The Bertz CT molecular complexity index is 647. The third-order valence-electron chi connectivity index (χ3n) is 4.57. The van der Waals surface area contributed by atoms with E-state index >= 15 is 0 Å². The molecule has 0 aliphatic heterocycles. The summed E-state index contributed by atoms with van der Waals surface area (Å²) < 4.78 is 5.10. The monoisotopic (exact) mass is 292 g/mol. The number of rotatable bonds is 3. The molecule has 112 valence electrons. The maximum atomic E-state index is 12.5. The van der Waals surface area contributed by atoms with Crippen LogP contribution >= 0.6 is 0 Å². The number of carbonyl (C=O) groups is 1. The first-order valence-electron chi connectivity index (χ1n) is 7.54. The first-order chi connectivity index (χ1) is 10.7. The van der Waals surface area contributed by atoms with Crippen LogP contribution in [0, 0.1) is 5.92 Å². The van der Waals surface area contributed by atoms with Gasteiger partial charge in [-0.25, -0.2) is 0 Å². The molecule has 0 spiro atoms. The molecule has 0 bridgehead atoms. The van der Waals surface area contributed by atoms with E-state index < -0.39 is 0 Å². The molecule has 1 atom stereocenters. The van der Waals surface area contributed by atoms with E-state index in [1.165, 1.54) is 12.7 Å². The van der Waals surface area contributed by atoms with Gasteiger partial charge in [-0.1, -0.05) is 72.3 Å². The van der Waals surface area contributed by atoms with Crippen LogP contribution in [-0.2, 0) is 14.9 Å². The largest absolute Gasteiger partial charge is 0.469 e. The Morgan fingerprint density at radius 3 is 1.95 bits per heavy atom. The van der Waals surface area contributed by atoms with Crippen LogP contribution in [0.2, 0.25) is 0 Å². The molecule has 2 heteroatoms. The average Bonchev–Trinajstić information content (AvgIpc) is 2.94. The fourth-order valence-corrected chi connectivity index (χ4v) is 3.63. The second-order valence-electron chi connectivity index (χ2n) is 5.89. The number of hydrogen-bond donors (Lipinski definition) is 0. The lowest BCUT2D eigenvalue weighted by Crippen LogP contribution is -2.37. The summed E-state index contributed by atoms with van der Waals surface area (Å²) in [4.78, 5) is 12.5. The second-order valence-corrected chi connectivity index (χ2v) is 5.89. The quantitative estimate of drug-likeness (QED) is 0.628. The van der Waals surface area contributed by atoms with Crippen LogP contribution in [0.25, 0.3) is 0 Å². The van der Waals surface area contributed by atoms with Crippen molar-refractivity contribution in [3.8, 4) is 0 Å². The van der Waals surface area contributed by atoms with Gasteiger partial charge in [-0.3, -0.25) is 4.79 Å². The Balaban J connectivity index is 2.23. The molecule has 22 heavy (non-hydrogen) atoms. The molecule has 0 heterocycles. The molecular weight excluding hydrogens is 272 g/mol. The van der Waals surface area contributed by atoms with Crippen LogP contribution in [0.15, 0.2) is 72.3 Å². The number of carbonyl (C=O) groups excluding carboxylic acids is 1. The summed E-state index contributed by atoms with van der Waals surface area (Å²) in [5.41, 5.74) is 3.16. The van der Waals surface area contributed by atoms with Crippen LogP contribution in [0.5, 0.6) is 0 Å². The van der Waals surface area contributed by atoms with Crippen molar-refractivity contribution in [2.45, 2.75) is 18.8 Å². The van der Waals surface area contributed by atoms with E-state index in [0.29, 0.717) is 0 Å². The molecule has 0 radical (unpaired) electrons. The fourth-order valence-electron chi connectivity index (χ4n) is 3.63. The molecular formula is C20H20O2. The Hall–Kier alpha value is -2.35. The van der Waals surface area contributed by atoms with Crippen molar-refractivity contribution in [1.29, 1.82) is 0 Å². The van der Waals surface area contributed by atoms with E-state index in [0.717, 1.165) is 17.5 Å². The highest BCUT2D eigenvalue weighted by Gasteiger charge is 2.48. The van der Waals surface area contributed by atoms with Crippen LogP contribution < -0.4 is 0 Å². The molecule has 0 aromatic heterocycles. The third kappa shape index (κ3) is 2.25.